The molecule has 1 aromatic carbocycles. The summed E-state index contributed by atoms with van der Waals surface area (Å²) in [4.78, 5) is 77.6. The van der Waals surface area contributed by atoms with Crippen LogP contribution < -0.4 is 10.6 Å². The number of nitrogens with one attached hydrogen (secondary N) is 2. The molecule has 1 aromatic rings. The van der Waals surface area contributed by atoms with E-state index < -0.39 is 48.3 Å². The number of rotatable bonds is 24. The van der Waals surface area contributed by atoms with Gasteiger partial charge in [0.05, 0.1) is 60.8 Å². The molecule has 0 spiro atoms. The van der Waals surface area contributed by atoms with E-state index in [4.69, 9.17) is 14.2 Å². The van der Waals surface area contributed by atoms with Crippen LogP contribution in [0.5, 0.6) is 0 Å². The summed E-state index contributed by atoms with van der Waals surface area (Å²) in [5.74, 6) is -2.29. The number of allylic oxidation sites excluding steroid dienone is 2. The van der Waals surface area contributed by atoms with Gasteiger partial charge >= 0.3 is 5.97 Å². The number of hydrogen-bond acceptors (Lipinski definition) is 10. The first-order valence-electron chi connectivity index (χ1n) is 22.8. The number of carbonyl (C=O) groups excluding carboxylic acids is 5. The highest BCUT2D eigenvalue weighted by molar-refractivity contribution is 5.99. The third-order valence-electron chi connectivity index (χ3n) is 12.0. The van der Waals surface area contributed by atoms with Crippen LogP contribution in [0.15, 0.2) is 66.2 Å². The van der Waals surface area contributed by atoms with Gasteiger partial charge in [-0.25, -0.2) is 4.79 Å². The lowest BCUT2D eigenvalue weighted by atomic mass is 9.90. The summed E-state index contributed by atoms with van der Waals surface area (Å²) >= 11 is 0. The molecule has 0 bridgehead atoms. The number of benzene rings is 1. The van der Waals surface area contributed by atoms with Crippen LogP contribution in [0.1, 0.15) is 113 Å². The summed E-state index contributed by atoms with van der Waals surface area (Å²) in [6.07, 6.45) is 5.92. The van der Waals surface area contributed by atoms with Gasteiger partial charge in [0, 0.05) is 43.4 Å². The fourth-order valence-electron chi connectivity index (χ4n) is 8.32. The lowest BCUT2D eigenvalue weighted by Crippen LogP contribution is -2.55. The van der Waals surface area contributed by atoms with Crippen molar-refractivity contribution in [3.63, 3.8) is 0 Å². The largest absolute Gasteiger partial charge is 0.452 e. The molecular formula is C50H86N6O8. The Bertz CT molecular complexity index is 1730. The molecule has 1 heterocycles. The lowest BCUT2D eigenvalue weighted by Gasteiger charge is -2.39. The number of nitrogens with zero attached hydrogens (tertiary/aromatic N) is 4. The molecule has 64 heavy (non-hydrogen) atoms. The summed E-state index contributed by atoms with van der Waals surface area (Å²) in [7, 11) is 10.1. The van der Waals surface area contributed by atoms with Crippen molar-refractivity contribution in [3.8, 4) is 0 Å². The minimum absolute atomic E-state index is 0. The average Bonchev–Trinajstić information content (AvgIpc) is 3.75. The number of likely N-dealkylation sites (tertiary alicyclic amines) is 1. The molecule has 364 valence electrons. The zero-order valence-electron chi connectivity index (χ0n) is 41.7. The predicted octanol–water partition coefficient (Wildman–Crippen LogP) is 6.98. The topological polar surface area (TPSA) is 159 Å². The van der Waals surface area contributed by atoms with Crippen molar-refractivity contribution >= 4 is 35.3 Å². The van der Waals surface area contributed by atoms with Gasteiger partial charge in [-0.1, -0.05) is 105 Å². The minimum Gasteiger partial charge on any atom is -0.452 e. The van der Waals surface area contributed by atoms with Crippen molar-refractivity contribution in [2.75, 3.05) is 55.5 Å². The summed E-state index contributed by atoms with van der Waals surface area (Å²) in [6, 6.07) is 5.00. The minimum atomic E-state index is -0.899. The second-order valence-corrected chi connectivity index (χ2v) is 17.3. The SMILES string of the molecule is C=C/C=C(\C=C)[C@H](OC(=O)c1ccc(C(C)=NC)cc1)[C@@H](C)NC(=O)[C@H](C)[C@@H](OC)[C@@H]1CCCN1C(=O)C[C@@H](OC)[C@H]([C@@H](C)CC)N(C)C(=O)CNC(=O)[C@H](C(C)C)N(C)C.CCC.[HH].[HH]. The first-order valence-corrected chi connectivity index (χ1v) is 22.8. The normalized spacial score (nSPS) is 18.0. The molecule has 1 fully saturated rings. The van der Waals surface area contributed by atoms with Crippen molar-refractivity contribution in [1.29, 1.82) is 0 Å². The van der Waals surface area contributed by atoms with Crippen LogP contribution in [0, 0.1) is 17.8 Å². The summed E-state index contributed by atoms with van der Waals surface area (Å²) < 4.78 is 18.0. The third kappa shape index (κ3) is 16.4. The number of amides is 4. The van der Waals surface area contributed by atoms with Crippen LogP contribution in [0.3, 0.4) is 0 Å². The molecule has 0 unspecified atom stereocenters. The van der Waals surface area contributed by atoms with Crippen LogP contribution >= 0.6 is 0 Å². The molecule has 1 aliphatic heterocycles. The van der Waals surface area contributed by atoms with E-state index in [-0.39, 0.29) is 57.3 Å². The van der Waals surface area contributed by atoms with Gasteiger partial charge in [-0.2, -0.15) is 0 Å². The van der Waals surface area contributed by atoms with Gasteiger partial charge in [-0.3, -0.25) is 29.1 Å². The highest BCUT2D eigenvalue weighted by Crippen LogP contribution is 2.30. The van der Waals surface area contributed by atoms with Crippen LogP contribution in [-0.4, -0.2) is 148 Å². The highest BCUT2D eigenvalue weighted by Gasteiger charge is 2.42. The van der Waals surface area contributed by atoms with Gasteiger partial charge in [0.15, 0.2) is 0 Å². The number of aliphatic imine (C=N–C) groups is 1. The molecule has 9 atom stereocenters. The van der Waals surface area contributed by atoms with E-state index in [9.17, 15) is 24.0 Å². The molecule has 0 saturated carbocycles. The zero-order valence-corrected chi connectivity index (χ0v) is 41.7. The van der Waals surface area contributed by atoms with Gasteiger partial charge in [-0.05, 0) is 75.9 Å². The van der Waals surface area contributed by atoms with Gasteiger partial charge in [0.2, 0.25) is 23.6 Å². The number of ether oxygens (including phenoxy) is 3. The van der Waals surface area contributed by atoms with E-state index in [1.165, 1.54) is 20.6 Å². The summed E-state index contributed by atoms with van der Waals surface area (Å²) in [5.41, 5.74) is 2.60. The van der Waals surface area contributed by atoms with Crippen molar-refractivity contribution < 1.29 is 41.0 Å². The fraction of sp³-hybridized carbons (Fsp3) is 0.640. The van der Waals surface area contributed by atoms with E-state index >= 15 is 0 Å². The Hall–Kier alpha value is -4.66. The molecule has 14 heteroatoms. The van der Waals surface area contributed by atoms with Crippen LogP contribution in [0.25, 0.3) is 0 Å². The Morgan fingerprint density at radius 1 is 0.953 bits per heavy atom. The van der Waals surface area contributed by atoms with Crippen LogP contribution in [0.2, 0.25) is 0 Å². The average molecular weight is 899 g/mol. The first kappa shape index (κ1) is 57.4. The van der Waals surface area contributed by atoms with E-state index in [2.05, 4.69) is 42.6 Å². The Morgan fingerprint density at radius 3 is 2.03 bits per heavy atom. The highest BCUT2D eigenvalue weighted by atomic mass is 16.5. The van der Waals surface area contributed by atoms with Crippen LogP contribution in [-0.2, 0) is 33.4 Å². The molecule has 0 aliphatic carbocycles. The molecular weight excluding hydrogens is 813 g/mol. The predicted molar refractivity (Wildman–Crippen MR) is 262 cm³/mol. The molecule has 14 nitrogen and oxygen atoms in total. The first-order chi connectivity index (χ1) is 30.2. The fourth-order valence-corrected chi connectivity index (χ4v) is 8.32. The van der Waals surface area contributed by atoms with Crippen molar-refractivity contribution in [1.82, 2.24) is 25.3 Å². The number of hydrogen-bond donors (Lipinski definition) is 2. The number of likely N-dealkylation sites (N-methyl/N-ethyl adjacent to an activating group) is 2. The Morgan fingerprint density at radius 2 is 1.55 bits per heavy atom. The van der Waals surface area contributed by atoms with Crippen molar-refractivity contribution in [3.05, 3.63) is 72.4 Å². The Balaban J connectivity index is 0. The second-order valence-electron chi connectivity index (χ2n) is 17.3. The van der Waals surface area contributed by atoms with Gasteiger partial charge in [0.25, 0.3) is 0 Å². The summed E-state index contributed by atoms with van der Waals surface area (Å²) in [6.45, 7) is 25.6. The van der Waals surface area contributed by atoms with E-state index in [1.54, 1.807) is 80.2 Å². The molecule has 0 aromatic heterocycles. The number of esters is 1. The second kappa shape index (κ2) is 29.0. The van der Waals surface area contributed by atoms with E-state index in [1.807, 2.05) is 53.6 Å². The monoisotopic (exact) mass is 899 g/mol. The zero-order chi connectivity index (χ0) is 48.8. The van der Waals surface area contributed by atoms with Gasteiger partial charge in [0.1, 0.15) is 6.10 Å². The lowest BCUT2D eigenvalue weighted by molar-refractivity contribution is -0.146. The van der Waals surface area contributed by atoms with Crippen molar-refractivity contribution in [2.45, 2.75) is 137 Å². The maximum absolute atomic E-state index is 14.2. The van der Waals surface area contributed by atoms with Crippen LogP contribution in [0.4, 0.5) is 0 Å². The smallest absolute Gasteiger partial charge is 0.338 e. The van der Waals surface area contributed by atoms with Gasteiger partial charge in [-0.15, -0.1) is 0 Å². The molecule has 0 radical (unpaired) electrons. The van der Waals surface area contributed by atoms with Gasteiger partial charge < -0.3 is 34.6 Å². The molecule has 2 N–H and O–H groups in total. The Kier molecular flexibility index (Phi) is 26.0. The quantitative estimate of drug-likeness (QED) is 0.0634. The maximum Gasteiger partial charge on any atom is 0.338 e. The number of methoxy groups -OCH3 is 2. The van der Waals surface area contributed by atoms with Crippen molar-refractivity contribution in [2.24, 2.45) is 22.7 Å². The standard InChI is InChI=1S/C47H74N6O8.C3H8.2H2/c1-16-20-34(18-3)44(61-47(58)36-24-22-35(23-25-36)32(8)48-10)33(9)50-45(56)31(7)43(60-15)37-21-19-26-53(37)39(54)27-38(59-14)42(30(6)17-2)52(13)40(55)28-49-46(57)41(29(4)5)51(11)12;1-3-2;;/h16,18,20,22-25,29-31,33,37-38,41-44H,1,3,17,19,21,26-28H2,2,4-15H3,(H,49,57)(H,50,56);3H2,1-2H3;2*1H/b34-20+,48-32?;;;/t30-,31+,33+,37-,38+,41-,42-,43+,44+;;;/m0.../s1. The third-order valence-corrected chi connectivity index (χ3v) is 12.0. The number of carbonyl (C=O) groups is 5. The molecule has 4 amide bonds. The molecule has 1 saturated heterocycles. The van der Waals surface area contributed by atoms with E-state index in [0.29, 0.717) is 30.5 Å². The van der Waals surface area contributed by atoms with E-state index in [0.717, 1.165) is 17.7 Å². The molecule has 2 rings (SSSR count). The Labute approximate surface area is 388 Å². The summed E-state index contributed by atoms with van der Waals surface area (Å²) in [5, 5.41) is 5.84. The maximum atomic E-state index is 14.2. The molecule has 1 aliphatic rings.